The Morgan fingerprint density at radius 3 is 2.40 bits per heavy atom. The number of hydrogen-bond donors (Lipinski definition) is 2. The van der Waals surface area contributed by atoms with Gasteiger partial charge in [0.15, 0.2) is 0 Å². The summed E-state index contributed by atoms with van der Waals surface area (Å²) in [7, 11) is 1.36. The molecule has 1 aromatic heterocycles. The van der Waals surface area contributed by atoms with Gasteiger partial charge in [0.25, 0.3) is 11.5 Å². The van der Waals surface area contributed by atoms with Crippen molar-refractivity contribution in [3.05, 3.63) is 81.8 Å². The van der Waals surface area contributed by atoms with Crippen molar-refractivity contribution in [2.75, 3.05) is 12.4 Å². The first-order valence-corrected chi connectivity index (χ1v) is 8.94. The Balaban J connectivity index is 2.02. The van der Waals surface area contributed by atoms with Crippen LogP contribution in [0.15, 0.2) is 53.5 Å². The molecule has 1 heterocycles. The molecule has 0 saturated heterocycles. The van der Waals surface area contributed by atoms with Gasteiger partial charge in [-0.05, 0) is 48.9 Å². The van der Waals surface area contributed by atoms with Gasteiger partial charge >= 0.3 is 0 Å². The molecule has 2 amide bonds. The highest BCUT2D eigenvalue weighted by Gasteiger charge is 2.19. The van der Waals surface area contributed by atoms with E-state index in [0.29, 0.717) is 11.1 Å². The summed E-state index contributed by atoms with van der Waals surface area (Å²) in [6, 6.07) is 9.12. The van der Waals surface area contributed by atoms with E-state index in [1.54, 1.807) is 6.92 Å². The molecular formula is C21H18F2N4O3. The normalized spacial score (nSPS) is 10.5. The standard InChI is InChI=1S/C21H18F2N4O3/c1-12-3-6-15(23)9-17(12)26-18(28)11-27-19(13-4-7-14(22)8-5-13)25-10-16(21(27)30)20(29)24-2/h3-10H,11H2,1-2H3,(H,24,29)(H,26,28). The molecule has 0 aliphatic rings. The van der Waals surface area contributed by atoms with Gasteiger partial charge in [-0.3, -0.25) is 19.0 Å². The van der Waals surface area contributed by atoms with Crippen molar-refractivity contribution in [1.29, 1.82) is 0 Å². The van der Waals surface area contributed by atoms with E-state index in [1.807, 2.05) is 0 Å². The number of amides is 2. The van der Waals surface area contributed by atoms with Crippen LogP contribution in [0, 0.1) is 18.6 Å². The maximum absolute atomic E-state index is 13.5. The Kier molecular flexibility index (Phi) is 6.01. The molecule has 0 unspecified atom stereocenters. The molecule has 2 N–H and O–H groups in total. The second-order valence-electron chi connectivity index (χ2n) is 6.48. The zero-order chi connectivity index (χ0) is 21.8. The van der Waals surface area contributed by atoms with Crippen LogP contribution in [0.3, 0.4) is 0 Å². The molecule has 2 aromatic carbocycles. The molecule has 0 aliphatic carbocycles. The SMILES string of the molecule is CNC(=O)c1cnc(-c2ccc(F)cc2)n(CC(=O)Nc2cc(F)ccc2C)c1=O. The summed E-state index contributed by atoms with van der Waals surface area (Å²) in [5.74, 6) is -2.20. The third kappa shape index (κ3) is 4.40. The number of nitrogens with one attached hydrogen (secondary N) is 2. The van der Waals surface area contributed by atoms with Crippen LogP contribution < -0.4 is 16.2 Å². The fourth-order valence-corrected chi connectivity index (χ4v) is 2.82. The molecule has 0 aliphatic heterocycles. The summed E-state index contributed by atoms with van der Waals surface area (Å²) in [4.78, 5) is 41.6. The minimum atomic E-state index is -0.741. The van der Waals surface area contributed by atoms with Crippen LogP contribution in [0.4, 0.5) is 14.5 Å². The van der Waals surface area contributed by atoms with Crippen molar-refractivity contribution in [2.24, 2.45) is 0 Å². The molecule has 0 spiro atoms. The van der Waals surface area contributed by atoms with Crippen LogP contribution in [0.5, 0.6) is 0 Å². The molecule has 0 bridgehead atoms. The van der Waals surface area contributed by atoms with E-state index in [0.717, 1.165) is 16.8 Å². The monoisotopic (exact) mass is 412 g/mol. The topological polar surface area (TPSA) is 93.1 Å². The third-order valence-corrected chi connectivity index (χ3v) is 4.40. The highest BCUT2D eigenvalue weighted by atomic mass is 19.1. The van der Waals surface area contributed by atoms with Crippen molar-refractivity contribution >= 4 is 17.5 Å². The summed E-state index contributed by atoms with van der Waals surface area (Å²) in [5.41, 5.74) is 0.277. The van der Waals surface area contributed by atoms with Gasteiger partial charge in [0.1, 0.15) is 29.6 Å². The fourth-order valence-electron chi connectivity index (χ4n) is 2.82. The van der Waals surface area contributed by atoms with E-state index < -0.39 is 35.6 Å². The number of benzene rings is 2. The molecule has 9 heteroatoms. The highest BCUT2D eigenvalue weighted by Crippen LogP contribution is 2.18. The van der Waals surface area contributed by atoms with E-state index in [-0.39, 0.29) is 17.1 Å². The van der Waals surface area contributed by atoms with Gasteiger partial charge in [0.2, 0.25) is 5.91 Å². The zero-order valence-electron chi connectivity index (χ0n) is 16.2. The quantitative estimate of drug-likeness (QED) is 0.674. The van der Waals surface area contributed by atoms with Gasteiger partial charge in [0, 0.05) is 24.5 Å². The van der Waals surface area contributed by atoms with E-state index in [2.05, 4.69) is 15.6 Å². The fraction of sp³-hybridized carbons (Fsp3) is 0.143. The Hall–Kier alpha value is -3.88. The van der Waals surface area contributed by atoms with Crippen LogP contribution in [0.25, 0.3) is 11.4 Å². The van der Waals surface area contributed by atoms with Gasteiger partial charge in [-0.15, -0.1) is 0 Å². The second kappa shape index (κ2) is 8.64. The Bertz CT molecular complexity index is 1170. The lowest BCUT2D eigenvalue weighted by Gasteiger charge is -2.14. The van der Waals surface area contributed by atoms with Crippen LogP contribution in [0.2, 0.25) is 0 Å². The first-order chi connectivity index (χ1) is 14.3. The number of anilines is 1. The Labute approximate surface area is 170 Å². The molecular weight excluding hydrogens is 394 g/mol. The summed E-state index contributed by atoms with van der Waals surface area (Å²) >= 11 is 0. The van der Waals surface area contributed by atoms with Crippen molar-refractivity contribution < 1.29 is 18.4 Å². The van der Waals surface area contributed by atoms with Crippen molar-refractivity contribution in [3.8, 4) is 11.4 Å². The maximum Gasteiger partial charge on any atom is 0.267 e. The van der Waals surface area contributed by atoms with Crippen LogP contribution in [-0.4, -0.2) is 28.4 Å². The number of hydrogen-bond acceptors (Lipinski definition) is 4. The number of rotatable bonds is 5. The summed E-state index contributed by atoms with van der Waals surface area (Å²) in [5, 5.41) is 4.89. The van der Waals surface area contributed by atoms with Crippen LogP contribution >= 0.6 is 0 Å². The molecule has 0 atom stereocenters. The van der Waals surface area contributed by atoms with Crippen molar-refractivity contribution in [2.45, 2.75) is 13.5 Å². The van der Waals surface area contributed by atoms with E-state index >= 15 is 0 Å². The molecule has 30 heavy (non-hydrogen) atoms. The van der Waals surface area contributed by atoms with Crippen LogP contribution in [0.1, 0.15) is 15.9 Å². The van der Waals surface area contributed by atoms with E-state index in [1.165, 1.54) is 43.4 Å². The molecule has 3 rings (SSSR count). The Morgan fingerprint density at radius 2 is 1.73 bits per heavy atom. The number of aromatic nitrogens is 2. The average molecular weight is 412 g/mol. The molecule has 3 aromatic rings. The third-order valence-electron chi connectivity index (χ3n) is 4.40. The lowest BCUT2D eigenvalue weighted by Crippen LogP contribution is -2.35. The summed E-state index contributed by atoms with van der Waals surface area (Å²) in [6.07, 6.45) is 1.10. The summed E-state index contributed by atoms with van der Waals surface area (Å²) in [6.45, 7) is 1.21. The number of nitrogens with zero attached hydrogens (tertiary/aromatic N) is 2. The van der Waals surface area contributed by atoms with Gasteiger partial charge in [-0.1, -0.05) is 6.07 Å². The van der Waals surface area contributed by atoms with Gasteiger partial charge in [-0.2, -0.15) is 0 Å². The number of carbonyl (C=O) groups is 2. The predicted molar refractivity (Wildman–Crippen MR) is 107 cm³/mol. The van der Waals surface area contributed by atoms with Crippen molar-refractivity contribution in [1.82, 2.24) is 14.9 Å². The smallest absolute Gasteiger partial charge is 0.267 e. The second-order valence-corrected chi connectivity index (χ2v) is 6.48. The molecule has 0 saturated carbocycles. The number of halogens is 2. The first kappa shape index (κ1) is 20.8. The average Bonchev–Trinajstić information content (AvgIpc) is 2.72. The largest absolute Gasteiger partial charge is 0.355 e. The lowest BCUT2D eigenvalue weighted by atomic mass is 10.2. The zero-order valence-corrected chi connectivity index (χ0v) is 16.2. The molecule has 0 fully saturated rings. The van der Waals surface area contributed by atoms with E-state index in [9.17, 15) is 23.2 Å². The lowest BCUT2D eigenvalue weighted by molar-refractivity contribution is -0.116. The summed E-state index contributed by atoms with van der Waals surface area (Å²) < 4.78 is 27.8. The number of aryl methyl sites for hydroxylation is 1. The first-order valence-electron chi connectivity index (χ1n) is 8.94. The van der Waals surface area contributed by atoms with Gasteiger partial charge < -0.3 is 10.6 Å². The van der Waals surface area contributed by atoms with Gasteiger partial charge in [-0.25, -0.2) is 13.8 Å². The Morgan fingerprint density at radius 1 is 1.07 bits per heavy atom. The predicted octanol–water partition coefficient (Wildman–Crippen LogP) is 2.50. The molecule has 0 radical (unpaired) electrons. The van der Waals surface area contributed by atoms with Gasteiger partial charge in [0.05, 0.1) is 0 Å². The van der Waals surface area contributed by atoms with Crippen molar-refractivity contribution in [3.63, 3.8) is 0 Å². The minimum absolute atomic E-state index is 0.0822. The maximum atomic E-state index is 13.5. The molecule has 7 nitrogen and oxygen atoms in total. The van der Waals surface area contributed by atoms with E-state index in [4.69, 9.17) is 0 Å². The molecule has 154 valence electrons. The van der Waals surface area contributed by atoms with Crippen LogP contribution in [-0.2, 0) is 11.3 Å². The minimum Gasteiger partial charge on any atom is -0.355 e. The highest BCUT2D eigenvalue weighted by molar-refractivity contribution is 5.94. The number of carbonyl (C=O) groups excluding carboxylic acids is 2.